The maximum atomic E-state index is 8.56. The van der Waals surface area contributed by atoms with Crippen LogP contribution in [0.1, 0.15) is 0 Å². The van der Waals surface area contributed by atoms with Gasteiger partial charge >= 0.3 is 51.9 Å². The average Bonchev–Trinajstić information content (AvgIpc) is 1.76. The minimum Gasteiger partial charge on any atom is -0.750 e. The van der Waals surface area contributed by atoms with E-state index < -0.39 is 45.4 Å². The van der Waals surface area contributed by atoms with Gasteiger partial charge in [-0.15, -0.1) is 0 Å². The Morgan fingerprint density at radius 2 is 0.556 bits per heavy atom. The summed E-state index contributed by atoms with van der Waals surface area (Å²) in [5.41, 5.74) is 0. The molecule has 12 nitrogen and oxygen atoms in total. The summed E-state index contributed by atoms with van der Waals surface area (Å²) in [6.07, 6.45) is 0. The summed E-state index contributed by atoms with van der Waals surface area (Å²) >= 11 is -11.4. The van der Waals surface area contributed by atoms with E-state index in [0.29, 0.717) is 0 Å². The average molecular weight is 544 g/mol. The molecule has 112 valence electrons. The fourth-order valence-electron chi connectivity index (χ4n) is 0. The van der Waals surface area contributed by atoms with Gasteiger partial charge in [0.15, 0.2) is 0 Å². The quantitative estimate of drug-likeness (QED) is 0.165. The van der Waals surface area contributed by atoms with Crippen molar-refractivity contribution in [3.63, 3.8) is 0 Å². The Morgan fingerprint density at radius 1 is 0.556 bits per heavy atom. The normalized spacial score (nSPS) is 13.8. The molecule has 0 aromatic carbocycles. The van der Waals surface area contributed by atoms with Gasteiger partial charge in [0.1, 0.15) is 0 Å². The predicted molar refractivity (Wildman–Crippen MR) is 46.2 cm³/mol. The zero-order valence-electron chi connectivity index (χ0n) is 7.99. The third-order valence-corrected chi connectivity index (χ3v) is 0. The van der Waals surface area contributed by atoms with Crippen molar-refractivity contribution >= 4 is 45.4 Å². The molecule has 0 aliphatic carbocycles. The molecule has 0 aliphatic rings. The number of rotatable bonds is 0. The van der Waals surface area contributed by atoms with E-state index in [4.69, 9.17) is 53.3 Å². The first-order valence-corrected chi connectivity index (χ1v) is 6.19. The van der Waals surface area contributed by atoms with Crippen LogP contribution in [-0.4, -0.2) is 53.3 Å². The molecule has 0 fully saturated rings. The first-order chi connectivity index (χ1) is 6.93. The second-order valence-electron chi connectivity index (χ2n) is 0.868. The molecule has 0 aliphatic heterocycles. The van der Waals surface area contributed by atoms with E-state index in [9.17, 15) is 0 Å². The largest absolute Gasteiger partial charge is 3.00 e. The molecule has 0 spiro atoms. The zero-order valence-corrected chi connectivity index (χ0v) is 15.4. The molecular weight excluding hydrogens is 540 g/mol. The third-order valence-electron chi connectivity index (χ3n) is 0. The third kappa shape index (κ3) is 1280. The van der Waals surface area contributed by atoms with Crippen LogP contribution in [0.25, 0.3) is 0 Å². The fraction of sp³-hybridized carbons (Fsp3) is 0. The maximum absolute atomic E-state index is 8.56. The molecule has 0 heterocycles. The van der Waals surface area contributed by atoms with Gasteiger partial charge in [0, 0.05) is 0 Å². The molecule has 0 aromatic rings. The molecule has 18 heavy (non-hydrogen) atoms. The van der Waals surface area contributed by atoms with E-state index in [2.05, 4.69) is 0 Å². The van der Waals surface area contributed by atoms with E-state index in [1.165, 1.54) is 0 Å². The van der Waals surface area contributed by atoms with E-state index in [1.807, 2.05) is 0 Å². The van der Waals surface area contributed by atoms with Crippen LogP contribution in [0.15, 0.2) is 0 Å². The van der Waals surface area contributed by atoms with Crippen molar-refractivity contribution in [2.45, 2.75) is 0 Å². The molecule has 4 unspecified atom stereocenters. The molecule has 0 bridgehead atoms. The van der Waals surface area contributed by atoms with E-state index in [1.54, 1.807) is 0 Å². The van der Waals surface area contributed by atoms with Gasteiger partial charge in [-0.3, -0.25) is 0 Å². The minimum absolute atomic E-state index is 0. The van der Waals surface area contributed by atoms with Crippen molar-refractivity contribution in [2.75, 3.05) is 0 Å². The predicted octanol–water partition coefficient (Wildman–Crippen LogP) is -5.64. The van der Waals surface area contributed by atoms with Crippen molar-refractivity contribution in [2.24, 2.45) is 0 Å². The molecular formula is H4AuNaO12S4. The summed E-state index contributed by atoms with van der Waals surface area (Å²) in [6, 6.07) is 0. The van der Waals surface area contributed by atoms with Crippen LogP contribution in [0.4, 0.5) is 0 Å². The second kappa shape index (κ2) is 31.4. The zero-order chi connectivity index (χ0) is 14.3. The van der Waals surface area contributed by atoms with Crippen LogP contribution in [-0.2, 0) is 67.8 Å². The van der Waals surface area contributed by atoms with E-state index in [-0.39, 0.29) is 51.9 Å². The van der Waals surface area contributed by atoms with Gasteiger partial charge in [0.2, 0.25) is 0 Å². The van der Waals surface area contributed by atoms with Gasteiger partial charge in [-0.25, -0.2) is 16.8 Å². The first kappa shape index (κ1) is 36.8. The minimum atomic E-state index is -2.86. The van der Waals surface area contributed by atoms with Crippen LogP contribution < -0.4 is 29.6 Å². The molecule has 0 aromatic heterocycles. The summed E-state index contributed by atoms with van der Waals surface area (Å²) in [4.78, 5) is 0. The van der Waals surface area contributed by atoms with Gasteiger partial charge in [0.25, 0.3) is 0 Å². The van der Waals surface area contributed by atoms with Crippen LogP contribution in [0, 0.1) is 0 Å². The van der Waals surface area contributed by atoms with Crippen molar-refractivity contribution in [1.29, 1.82) is 0 Å². The van der Waals surface area contributed by atoms with Crippen molar-refractivity contribution < 1.29 is 105 Å². The van der Waals surface area contributed by atoms with Crippen LogP contribution in [0.5, 0.6) is 0 Å². The summed E-state index contributed by atoms with van der Waals surface area (Å²) in [6.45, 7) is 0. The summed E-state index contributed by atoms with van der Waals surface area (Å²) in [5, 5.41) is 0. The van der Waals surface area contributed by atoms with Crippen molar-refractivity contribution in [3.8, 4) is 0 Å². The molecule has 0 amide bonds. The van der Waals surface area contributed by atoms with Crippen LogP contribution in [0.2, 0.25) is 0 Å². The molecule has 0 saturated carbocycles. The van der Waals surface area contributed by atoms with Crippen molar-refractivity contribution in [3.05, 3.63) is 0 Å². The molecule has 18 heteroatoms. The Labute approximate surface area is 149 Å². The first-order valence-electron chi connectivity index (χ1n) is 2.06. The molecule has 0 rings (SSSR count). The van der Waals surface area contributed by atoms with Crippen LogP contribution >= 0.6 is 0 Å². The fourth-order valence-corrected chi connectivity index (χ4v) is 0. The van der Waals surface area contributed by atoms with Gasteiger partial charge in [0.05, 0.1) is 45.4 Å². The maximum Gasteiger partial charge on any atom is 3.00 e. The SMILES string of the molecule is O=S([O-])O.O=S([O-])O.O=S([O-])O.O=S([O-])O.[Au+3].[Na+]. The van der Waals surface area contributed by atoms with Crippen molar-refractivity contribution in [1.82, 2.24) is 0 Å². The smallest absolute Gasteiger partial charge is 0.750 e. The van der Waals surface area contributed by atoms with Gasteiger partial charge in [-0.2, -0.15) is 0 Å². The molecule has 4 N–H and O–H groups in total. The summed E-state index contributed by atoms with van der Waals surface area (Å²) in [7, 11) is 0. The Balaban J connectivity index is -0.0000000257. The number of hydrogen-bond acceptors (Lipinski definition) is 8. The molecule has 0 saturated heterocycles. The number of hydrogen-bond donors (Lipinski definition) is 4. The Kier molecular flexibility index (Phi) is 64.3. The summed E-state index contributed by atoms with van der Waals surface area (Å²) in [5.74, 6) is 0. The monoisotopic (exact) mass is 544 g/mol. The Bertz CT molecular complexity index is 164. The summed E-state index contributed by atoms with van der Waals surface area (Å²) < 4.78 is 96.3. The van der Waals surface area contributed by atoms with Crippen LogP contribution in [0.3, 0.4) is 0 Å². The van der Waals surface area contributed by atoms with E-state index >= 15 is 0 Å². The Hall–Kier alpha value is 2.02. The topological polar surface area (TPSA) is 241 Å². The Morgan fingerprint density at radius 3 is 0.556 bits per heavy atom. The second-order valence-corrected chi connectivity index (χ2v) is 2.61. The molecule has 4 atom stereocenters. The molecule has 0 radical (unpaired) electrons. The van der Waals surface area contributed by atoms with Gasteiger partial charge in [-0.05, 0) is 0 Å². The van der Waals surface area contributed by atoms with Gasteiger partial charge < -0.3 is 36.4 Å². The van der Waals surface area contributed by atoms with E-state index in [0.717, 1.165) is 0 Å². The van der Waals surface area contributed by atoms with Gasteiger partial charge in [-0.1, -0.05) is 0 Å². The standard InChI is InChI=1S/Au.Na.4H2O3S/c;;4*1-4(2)3/h;;4*(H2,1,2,3)/q+3;+1;;;;/p-4.